The molecule has 1 N–H and O–H groups in total. The van der Waals surface area contributed by atoms with Crippen molar-refractivity contribution in [3.8, 4) is 0 Å². The first-order valence-corrected chi connectivity index (χ1v) is 6.71. The van der Waals surface area contributed by atoms with Gasteiger partial charge in [-0.25, -0.2) is 0 Å². The van der Waals surface area contributed by atoms with Gasteiger partial charge in [-0.05, 0) is 46.6 Å². The number of carbonyl (C=O) groups is 1. The molecule has 0 saturated carbocycles. The molecule has 2 saturated heterocycles. The second-order valence-electron chi connectivity index (χ2n) is 5.68. The summed E-state index contributed by atoms with van der Waals surface area (Å²) in [5.74, 6) is 0.249. The lowest BCUT2D eigenvalue weighted by atomic mass is 9.89. The number of rotatable bonds is 1. The molecule has 98 valence electrons. The van der Waals surface area contributed by atoms with E-state index in [4.69, 9.17) is 4.74 Å². The van der Waals surface area contributed by atoms with Crippen molar-refractivity contribution in [3.05, 3.63) is 0 Å². The van der Waals surface area contributed by atoms with Crippen molar-refractivity contribution < 1.29 is 9.53 Å². The Morgan fingerprint density at radius 1 is 1.29 bits per heavy atom. The van der Waals surface area contributed by atoms with Crippen LogP contribution in [0.5, 0.6) is 0 Å². The molecule has 2 aliphatic rings. The van der Waals surface area contributed by atoms with Gasteiger partial charge >= 0.3 is 0 Å². The monoisotopic (exact) mass is 240 g/mol. The summed E-state index contributed by atoms with van der Waals surface area (Å²) in [5, 5.41) is 3.39. The molecule has 2 heterocycles. The van der Waals surface area contributed by atoms with Crippen LogP contribution in [0, 0.1) is 0 Å². The summed E-state index contributed by atoms with van der Waals surface area (Å²) < 4.78 is 5.67. The van der Waals surface area contributed by atoms with Gasteiger partial charge < -0.3 is 15.0 Å². The third kappa shape index (κ3) is 2.80. The Labute approximate surface area is 104 Å². The highest BCUT2D eigenvalue weighted by atomic mass is 16.5. The van der Waals surface area contributed by atoms with Crippen molar-refractivity contribution in [3.63, 3.8) is 0 Å². The first-order chi connectivity index (χ1) is 8.01. The Morgan fingerprint density at radius 2 is 1.94 bits per heavy atom. The lowest BCUT2D eigenvalue weighted by Crippen LogP contribution is -2.61. The van der Waals surface area contributed by atoms with Crippen molar-refractivity contribution in [2.45, 2.75) is 57.8 Å². The minimum atomic E-state index is -0.352. The van der Waals surface area contributed by atoms with Gasteiger partial charge in [0.15, 0.2) is 0 Å². The molecule has 2 rings (SSSR count). The molecule has 17 heavy (non-hydrogen) atoms. The largest absolute Gasteiger partial charge is 0.372 e. The number of carbonyl (C=O) groups excluding carboxylic acids is 1. The number of amides is 1. The minimum Gasteiger partial charge on any atom is -0.372 e. The predicted molar refractivity (Wildman–Crippen MR) is 66.8 cm³/mol. The molecule has 0 aliphatic carbocycles. The highest BCUT2D eigenvalue weighted by Crippen LogP contribution is 2.23. The zero-order valence-electron chi connectivity index (χ0n) is 11.2. The normalized spacial score (nSPS) is 39.1. The van der Waals surface area contributed by atoms with Crippen molar-refractivity contribution in [2.24, 2.45) is 0 Å². The summed E-state index contributed by atoms with van der Waals surface area (Å²) in [6, 6.07) is 0. The van der Waals surface area contributed by atoms with Crippen LogP contribution in [0.2, 0.25) is 0 Å². The van der Waals surface area contributed by atoms with E-state index in [-0.39, 0.29) is 23.7 Å². The molecule has 0 aromatic rings. The molecular formula is C13H24N2O2. The number of piperidine rings is 1. The Morgan fingerprint density at radius 3 is 2.47 bits per heavy atom. The predicted octanol–water partition coefficient (Wildman–Crippen LogP) is 1.15. The number of morpholine rings is 1. The molecule has 1 amide bonds. The van der Waals surface area contributed by atoms with E-state index in [1.54, 1.807) is 0 Å². The zero-order chi connectivity index (χ0) is 12.5. The van der Waals surface area contributed by atoms with E-state index in [9.17, 15) is 4.79 Å². The van der Waals surface area contributed by atoms with E-state index in [1.165, 1.54) is 6.42 Å². The van der Waals surface area contributed by atoms with E-state index < -0.39 is 0 Å². The SMILES string of the molecule is CC1CN(C(=O)C2(C)CCCCN2)CC(C)O1. The Bertz CT molecular complexity index is 277. The molecule has 3 atom stereocenters. The Balaban J connectivity index is 2.03. The lowest BCUT2D eigenvalue weighted by molar-refractivity contribution is -0.150. The van der Waals surface area contributed by atoms with Crippen LogP contribution >= 0.6 is 0 Å². The minimum absolute atomic E-state index is 0.148. The maximum atomic E-state index is 12.6. The van der Waals surface area contributed by atoms with E-state index in [1.807, 2.05) is 25.7 Å². The molecule has 0 radical (unpaired) electrons. The van der Waals surface area contributed by atoms with Crippen LogP contribution in [-0.4, -0.2) is 48.2 Å². The highest BCUT2D eigenvalue weighted by molar-refractivity contribution is 5.86. The van der Waals surface area contributed by atoms with Crippen molar-refractivity contribution in [1.82, 2.24) is 10.2 Å². The molecular weight excluding hydrogens is 216 g/mol. The second-order valence-corrected chi connectivity index (χ2v) is 5.68. The van der Waals surface area contributed by atoms with Crippen molar-refractivity contribution >= 4 is 5.91 Å². The summed E-state index contributed by atoms with van der Waals surface area (Å²) in [6.07, 6.45) is 3.57. The van der Waals surface area contributed by atoms with E-state index in [2.05, 4.69) is 5.32 Å². The van der Waals surface area contributed by atoms with Gasteiger partial charge in [-0.3, -0.25) is 4.79 Å². The molecule has 3 unspecified atom stereocenters. The topological polar surface area (TPSA) is 41.6 Å². The second kappa shape index (κ2) is 4.94. The van der Waals surface area contributed by atoms with Crippen LogP contribution in [0.15, 0.2) is 0 Å². The molecule has 0 spiro atoms. The van der Waals surface area contributed by atoms with Gasteiger partial charge in [-0.15, -0.1) is 0 Å². The maximum absolute atomic E-state index is 12.6. The zero-order valence-corrected chi connectivity index (χ0v) is 11.2. The van der Waals surface area contributed by atoms with Crippen LogP contribution in [0.25, 0.3) is 0 Å². The van der Waals surface area contributed by atoms with Gasteiger partial charge in [0.1, 0.15) is 0 Å². The summed E-state index contributed by atoms with van der Waals surface area (Å²) in [4.78, 5) is 14.5. The van der Waals surface area contributed by atoms with Gasteiger partial charge in [0.05, 0.1) is 17.7 Å². The third-order valence-electron chi connectivity index (χ3n) is 3.80. The van der Waals surface area contributed by atoms with Crippen LogP contribution in [-0.2, 0) is 9.53 Å². The average molecular weight is 240 g/mol. The number of hydrogen-bond acceptors (Lipinski definition) is 3. The van der Waals surface area contributed by atoms with Gasteiger partial charge in [-0.1, -0.05) is 0 Å². The van der Waals surface area contributed by atoms with Gasteiger partial charge in [0.2, 0.25) is 5.91 Å². The third-order valence-corrected chi connectivity index (χ3v) is 3.80. The Hall–Kier alpha value is -0.610. The molecule has 2 aliphatic heterocycles. The first kappa shape index (κ1) is 12.8. The Kier molecular flexibility index (Phi) is 3.73. The summed E-state index contributed by atoms with van der Waals surface area (Å²) in [6.45, 7) is 8.51. The summed E-state index contributed by atoms with van der Waals surface area (Å²) in [5.41, 5.74) is -0.352. The van der Waals surface area contributed by atoms with Gasteiger partial charge in [-0.2, -0.15) is 0 Å². The number of nitrogens with one attached hydrogen (secondary N) is 1. The van der Waals surface area contributed by atoms with Crippen LogP contribution in [0.1, 0.15) is 40.0 Å². The van der Waals surface area contributed by atoms with Crippen LogP contribution < -0.4 is 5.32 Å². The fraction of sp³-hybridized carbons (Fsp3) is 0.923. The molecule has 0 aromatic carbocycles. The number of ether oxygens (including phenoxy) is 1. The standard InChI is InChI=1S/C13H24N2O2/c1-10-8-15(9-11(2)17-10)12(16)13(3)6-4-5-7-14-13/h10-11,14H,4-9H2,1-3H3. The summed E-state index contributed by atoms with van der Waals surface area (Å²) >= 11 is 0. The van der Waals surface area contributed by atoms with Gasteiger partial charge in [0.25, 0.3) is 0 Å². The van der Waals surface area contributed by atoms with Crippen LogP contribution in [0.3, 0.4) is 0 Å². The maximum Gasteiger partial charge on any atom is 0.242 e. The number of hydrogen-bond donors (Lipinski definition) is 1. The quantitative estimate of drug-likeness (QED) is 0.747. The molecule has 4 heteroatoms. The molecule has 4 nitrogen and oxygen atoms in total. The smallest absolute Gasteiger partial charge is 0.242 e. The van der Waals surface area contributed by atoms with E-state index >= 15 is 0 Å². The van der Waals surface area contributed by atoms with Crippen molar-refractivity contribution in [1.29, 1.82) is 0 Å². The van der Waals surface area contributed by atoms with Gasteiger partial charge in [0, 0.05) is 13.1 Å². The fourth-order valence-corrected chi connectivity index (χ4v) is 2.93. The first-order valence-electron chi connectivity index (χ1n) is 6.71. The van der Waals surface area contributed by atoms with E-state index in [0.29, 0.717) is 0 Å². The highest BCUT2D eigenvalue weighted by Gasteiger charge is 2.39. The van der Waals surface area contributed by atoms with E-state index in [0.717, 1.165) is 32.5 Å². The molecule has 2 fully saturated rings. The lowest BCUT2D eigenvalue weighted by Gasteiger charge is -2.42. The van der Waals surface area contributed by atoms with Crippen molar-refractivity contribution in [2.75, 3.05) is 19.6 Å². The summed E-state index contributed by atoms with van der Waals surface area (Å²) in [7, 11) is 0. The molecule has 0 bridgehead atoms. The average Bonchev–Trinajstić information content (AvgIpc) is 2.27. The molecule has 0 aromatic heterocycles. The van der Waals surface area contributed by atoms with Crippen LogP contribution in [0.4, 0.5) is 0 Å². The number of nitrogens with zero attached hydrogens (tertiary/aromatic N) is 1. The fourth-order valence-electron chi connectivity index (χ4n) is 2.93.